The fourth-order valence-electron chi connectivity index (χ4n) is 1.82. The number of nitrogens with two attached hydrogens (primary N) is 1. The number of rotatable bonds is 4. The molecule has 2 aromatic heterocycles. The Morgan fingerprint density at radius 3 is 2.67 bits per heavy atom. The van der Waals surface area contributed by atoms with Crippen LogP contribution in [0.25, 0.3) is 11.4 Å². The minimum absolute atomic E-state index is 0.631. The van der Waals surface area contributed by atoms with Crippen LogP contribution in [-0.4, -0.2) is 19.9 Å². The van der Waals surface area contributed by atoms with E-state index in [9.17, 15) is 0 Å². The molecule has 0 aliphatic rings. The van der Waals surface area contributed by atoms with E-state index in [2.05, 4.69) is 31.1 Å². The van der Waals surface area contributed by atoms with Crippen molar-refractivity contribution in [1.82, 2.24) is 19.9 Å². The van der Waals surface area contributed by atoms with Gasteiger partial charge in [0.1, 0.15) is 0 Å². The van der Waals surface area contributed by atoms with E-state index in [-0.39, 0.29) is 0 Å². The molecule has 2 N–H and O–H groups in total. The maximum atomic E-state index is 6.10. The summed E-state index contributed by atoms with van der Waals surface area (Å²) in [5, 5.41) is 8.99. The highest BCUT2D eigenvalue weighted by atomic mass is 79.9. The topological polar surface area (TPSA) is 69.6 Å². The Bertz CT molecular complexity index is 744. The smallest absolute Gasteiger partial charge is 0.210 e. The molecule has 21 heavy (non-hydrogen) atoms. The van der Waals surface area contributed by atoms with Gasteiger partial charge >= 0.3 is 0 Å². The number of aromatic nitrogens is 4. The van der Waals surface area contributed by atoms with Crippen LogP contribution in [0.1, 0.15) is 5.69 Å². The second kappa shape index (κ2) is 6.28. The molecule has 0 radical (unpaired) electrons. The van der Waals surface area contributed by atoms with Crippen molar-refractivity contribution in [3.05, 3.63) is 58.8 Å². The normalized spacial score (nSPS) is 10.7. The molecule has 7 heteroatoms. The number of hydrogen-bond donors (Lipinski definition) is 1. The zero-order valence-electron chi connectivity index (χ0n) is 11.0. The molecule has 3 rings (SSSR count). The van der Waals surface area contributed by atoms with Crippen molar-refractivity contribution in [2.24, 2.45) is 0 Å². The van der Waals surface area contributed by atoms with Gasteiger partial charge in [-0.3, -0.25) is 4.98 Å². The quantitative estimate of drug-likeness (QED) is 0.571. The molecule has 0 aliphatic carbocycles. The molecular weight excluding hydrogens is 350 g/mol. The fourth-order valence-corrected chi connectivity index (χ4v) is 3.06. The molecule has 0 fully saturated rings. The average molecular weight is 362 g/mol. The van der Waals surface area contributed by atoms with Crippen molar-refractivity contribution in [2.45, 2.75) is 10.9 Å². The van der Waals surface area contributed by atoms with Crippen molar-refractivity contribution in [2.75, 3.05) is 5.84 Å². The summed E-state index contributed by atoms with van der Waals surface area (Å²) < 4.78 is 2.44. The molecule has 3 aromatic rings. The predicted octanol–water partition coefficient (Wildman–Crippen LogP) is 3.11. The fraction of sp³-hybridized carbons (Fsp3) is 0.0714. The van der Waals surface area contributed by atoms with Crippen LogP contribution in [0.5, 0.6) is 0 Å². The molecule has 106 valence electrons. The second-order valence-electron chi connectivity index (χ2n) is 4.27. The predicted molar refractivity (Wildman–Crippen MR) is 87.1 cm³/mol. The largest absolute Gasteiger partial charge is 0.335 e. The lowest BCUT2D eigenvalue weighted by molar-refractivity contribution is 0.849. The van der Waals surface area contributed by atoms with Gasteiger partial charge in [0.05, 0.1) is 5.69 Å². The first-order valence-electron chi connectivity index (χ1n) is 6.24. The summed E-state index contributed by atoms with van der Waals surface area (Å²) in [5.41, 5.74) is 1.89. The number of hydrogen-bond acceptors (Lipinski definition) is 5. The monoisotopic (exact) mass is 361 g/mol. The first kappa shape index (κ1) is 14.1. The van der Waals surface area contributed by atoms with Gasteiger partial charge in [-0.15, -0.1) is 10.2 Å². The molecule has 0 bridgehead atoms. The Labute approximate surface area is 134 Å². The van der Waals surface area contributed by atoms with E-state index < -0.39 is 0 Å². The lowest BCUT2D eigenvalue weighted by atomic mass is 10.2. The van der Waals surface area contributed by atoms with Gasteiger partial charge in [-0.2, -0.15) is 0 Å². The maximum absolute atomic E-state index is 6.10. The molecule has 0 saturated carbocycles. The molecule has 0 spiro atoms. The summed E-state index contributed by atoms with van der Waals surface area (Å²) in [6.07, 6.45) is 1.77. The zero-order chi connectivity index (χ0) is 14.7. The average Bonchev–Trinajstić information content (AvgIpc) is 2.88. The Hall–Kier alpha value is -1.86. The molecule has 0 unspecified atom stereocenters. The summed E-state index contributed by atoms with van der Waals surface area (Å²) in [6, 6.07) is 13.6. The highest BCUT2D eigenvalue weighted by Gasteiger charge is 2.14. The van der Waals surface area contributed by atoms with Gasteiger partial charge < -0.3 is 5.84 Å². The van der Waals surface area contributed by atoms with Gasteiger partial charge in [0, 0.05) is 22.0 Å². The minimum atomic E-state index is 0.631. The van der Waals surface area contributed by atoms with E-state index in [0.717, 1.165) is 15.7 Å². The molecule has 5 nitrogen and oxygen atoms in total. The van der Waals surface area contributed by atoms with Crippen LogP contribution in [0.15, 0.2) is 58.3 Å². The molecule has 0 aliphatic heterocycles. The van der Waals surface area contributed by atoms with Crippen molar-refractivity contribution >= 4 is 27.7 Å². The van der Waals surface area contributed by atoms with Crippen LogP contribution in [0, 0.1) is 0 Å². The molecule has 2 heterocycles. The van der Waals surface area contributed by atoms with Crippen LogP contribution in [0.4, 0.5) is 0 Å². The first-order valence-corrected chi connectivity index (χ1v) is 8.01. The number of pyridine rings is 1. The number of nitrogens with zero attached hydrogens (tertiary/aromatic N) is 4. The first-order chi connectivity index (χ1) is 10.3. The lowest BCUT2D eigenvalue weighted by Crippen LogP contribution is -2.11. The van der Waals surface area contributed by atoms with Gasteiger partial charge in [0.25, 0.3) is 0 Å². The third-order valence-corrected chi connectivity index (χ3v) is 4.52. The van der Waals surface area contributed by atoms with Gasteiger partial charge in [0.2, 0.25) is 5.16 Å². The third-order valence-electron chi connectivity index (χ3n) is 2.85. The van der Waals surface area contributed by atoms with Crippen LogP contribution in [0.2, 0.25) is 0 Å². The Morgan fingerprint density at radius 1 is 1.10 bits per heavy atom. The summed E-state index contributed by atoms with van der Waals surface area (Å²) in [7, 11) is 0. The van der Waals surface area contributed by atoms with Crippen molar-refractivity contribution in [3.8, 4) is 11.4 Å². The van der Waals surface area contributed by atoms with Crippen LogP contribution in [-0.2, 0) is 5.75 Å². The minimum Gasteiger partial charge on any atom is -0.335 e. The maximum Gasteiger partial charge on any atom is 0.210 e. The number of thioether (sulfide) groups is 1. The van der Waals surface area contributed by atoms with Crippen LogP contribution >= 0.6 is 27.7 Å². The van der Waals surface area contributed by atoms with Gasteiger partial charge in [-0.25, -0.2) is 4.68 Å². The number of halogens is 1. The molecule has 0 amide bonds. The molecule has 1 aromatic carbocycles. The Morgan fingerprint density at radius 2 is 1.90 bits per heavy atom. The Balaban J connectivity index is 1.82. The highest BCUT2D eigenvalue weighted by molar-refractivity contribution is 9.10. The van der Waals surface area contributed by atoms with Crippen molar-refractivity contribution in [3.63, 3.8) is 0 Å². The van der Waals surface area contributed by atoms with Crippen molar-refractivity contribution in [1.29, 1.82) is 0 Å². The van der Waals surface area contributed by atoms with Crippen LogP contribution in [0.3, 0.4) is 0 Å². The molecule has 0 saturated heterocycles. The molecular formula is C14H12BrN5S. The molecule has 0 atom stereocenters. The Kier molecular flexibility index (Phi) is 4.21. The lowest BCUT2D eigenvalue weighted by Gasteiger charge is -2.05. The third kappa shape index (κ3) is 3.08. The van der Waals surface area contributed by atoms with E-state index >= 15 is 0 Å². The summed E-state index contributed by atoms with van der Waals surface area (Å²) >= 11 is 5.01. The highest BCUT2D eigenvalue weighted by Crippen LogP contribution is 2.28. The van der Waals surface area contributed by atoms with Gasteiger partial charge in [-0.05, 0) is 24.3 Å². The van der Waals surface area contributed by atoms with E-state index in [1.807, 2.05) is 42.5 Å². The van der Waals surface area contributed by atoms with E-state index in [4.69, 9.17) is 5.84 Å². The zero-order valence-corrected chi connectivity index (χ0v) is 13.4. The SMILES string of the molecule is Nn1c(SCc2ccccn2)nnc1-c1ccccc1Br. The van der Waals surface area contributed by atoms with Crippen LogP contribution < -0.4 is 5.84 Å². The number of benzene rings is 1. The van der Waals surface area contributed by atoms with Gasteiger partial charge in [-0.1, -0.05) is 45.9 Å². The van der Waals surface area contributed by atoms with E-state index in [1.165, 1.54) is 16.4 Å². The number of nitrogen functional groups attached to an aromatic ring is 1. The van der Waals surface area contributed by atoms with E-state index in [0.29, 0.717) is 16.7 Å². The van der Waals surface area contributed by atoms with Crippen molar-refractivity contribution < 1.29 is 0 Å². The second-order valence-corrected chi connectivity index (χ2v) is 6.06. The summed E-state index contributed by atoms with van der Waals surface area (Å²) in [4.78, 5) is 4.28. The standard InChI is InChI=1S/C14H12BrN5S/c15-12-7-2-1-6-11(12)13-18-19-14(20(13)16)21-9-10-5-3-4-8-17-10/h1-8H,9,16H2. The van der Waals surface area contributed by atoms with E-state index in [1.54, 1.807) is 6.20 Å². The summed E-state index contributed by atoms with van der Waals surface area (Å²) in [6.45, 7) is 0. The summed E-state index contributed by atoms with van der Waals surface area (Å²) in [5.74, 6) is 7.43. The van der Waals surface area contributed by atoms with Gasteiger partial charge in [0.15, 0.2) is 5.82 Å².